The lowest BCUT2D eigenvalue weighted by atomic mass is 9.95. The zero-order chi connectivity index (χ0) is 18.8. The Morgan fingerprint density at radius 2 is 1.73 bits per heavy atom. The molecule has 1 amide bonds. The lowest BCUT2D eigenvalue weighted by Gasteiger charge is -2.17. The fourth-order valence-electron chi connectivity index (χ4n) is 2.44. The number of carbonyl (C=O) groups is 2. The Kier molecular flexibility index (Phi) is 7.61. The fraction of sp³-hybridized carbons (Fsp3) is 0.300. The highest BCUT2D eigenvalue weighted by Crippen LogP contribution is 2.20. The van der Waals surface area contributed by atoms with E-state index < -0.39 is 6.09 Å². The van der Waals surface area contributed by atoms with Gasteiger partial charge in [-0.25, -0.2) is 9.18 Å². The summed E-state index contributed by atoms with van der Waals surface area (Å²) in [6.45, 7) is 2.34. The Labute approximate surface area is 152 Å². The van der Waals surface area contributed by atoms with Crippen molar-refractivity contribution in [1.82, 2.24) is 5.32 Å². The van der Waals surface area contributed by atoms with Gasteiger partial charge >= 0.3 is 12.1 Å². The smallest absolute Gasteiger partial charge is 0.407 e. The first-order valence-corrected chi connectivity index (χ1v) is 8.44. The van der Waals surface area contributed by atoms with Crippen molar-refractivity contribution in [2.45, 2.75) is 25.9 Å². The average Bonchev–Trinajstić information content (AvgIpc) is 2.65. The third-order valence-electron chi connectivity index (χ3n) is 3.77. The molecule has 2 aromatic carbocycles. The van der Waals surface area contributed by atoms with Crippen LogP contribution in [0.5, 0.6) is 0 Å². The lowest BCUT2D eigenvalue weighted by molar-refractivity contribution is -0.143. The fourth-order valence-corrected chi connectivity index (χ4v) is 2.44. The summed E-state index contributed by atoms with van der Waals surface area (Å²) in [5.74, 6) is -1.07. The normalized spacial score (nSPS) is 11.5. The molecule has 2 aromatic rings. The molecule has 0 aliphatic heterocycles. The van der Waals surface area contributed by atoms with Gasteiger partial charge in [-0.1, -0.05) is 42.5 Å². The predicted octanol–water partition coefficient (Wildman–Crippen LogP) is 3.79. The number of ether oxygens (including phenoxy) is 2. The van der Waals surface area contributed by atoms with Crippen LogP contribution in [0, 0.1) is 5.82 Å². The highest BCUT2D eigenvalue weighted by Gasteiger charge is 2.18. The largest absolute Gasteiger partial charge is 0.466 e. The van der Waals surface area contributed by atoms with Crippen molar-refractivity contribution in [3.63, 3.8) is 0 Å². The van der Waals surface area contributed by atoms with Crippen molar-refractivity contribution in [2.24, 2.45) is 0 Å². The van der Waals surface area contributed by atoms with Gasteiger partial charge in [-0.05, 0) is 30.2 Å². The minimum Gasteiger partial charge on any atom is -0.466 e. The summed E-state index contributed by atoms with van der Waals surface area (Å²) in [5, 5.41) is 2.65. The van der Waals surface area contributed by atoms with Gasteiger partial charge in [0, 0.05) is 12.5 Å². The molecule has 1 atom stereocenters. The van der Waals surface area contributed by atoms with E-state index in [0.29, 0.717) is 0 Å². The Hall–Kier alpha value is -2.89. The number of carbonyl (C=O) groups excluding carboxylic acids is 2. The summed E-state index contributed by atoms with van der Waals surface area (Å²) in [6, 6.07) is 15.1. The van der Waals surface area contributed by atoms with E-state index in [-0.39, 0.29) is 43.9 Å². The predicted molar refractivity (Wildman–Crippen MR) is 95.0 cm³/mol. The van der Waals surface area contributed by atoms with Crippen LogP contribution >= 0.6 is 0 Å². The van der Waals surface area contributed by atoms with E-state index in [4.69, 9.17) is 9.47 Å². The van der Waals surface area contributed by atoms with Crippen LogP contribution in [-0.2, 0) is 20.9 Å². The molecule has 0 aromatic heterocycles. The number of benzene rings is 2. The number of halogens is 1. The maximum atomic E-state index is 13.1. The first-order valence-electron chi connectivity index (χ1n) is 8.44. The maximum absolute atomic E-state index is 13.1. The number of nitrogens with one attached hydrogen (secondary N) is 1. The van der Waals surface area contributed by atoms with Crippen LogP contribution in [0.25, 0.3) is 0 Å². The second kappa shape index (κ2) is 10.2. The SMILES string of the molecule is CCOC(=O)C[C@H](CNC(=O)OCc1ccccc1)c1ccc(F)cc1. The molecule has 0 saturated carbocycles. The molecule has 5 nitrogen and oxygen atoms in total. The molecule has 6 heteroatoms. The molecule has 0 fully saturated rings. The molecule has 0 aliphatic carbocycles. The molecule has 138 valence electrons. The summed E-state index contributed by atoms with van der Waals surface area (Å²) < 4.78 is 23.3. The second-order valence-corrected chi connectivity index (χ2v) is 5.70. The van der Waals surface area contributed by atoms with Gasteiger partial charge in [0.15, 0.2) is 0 Å². The van der Waals surface area contributed by atoms with Gasteiger partial charge in [0.05, 0.1) is 13.0 Å². The molecule has 26 heavy (non-hydrogen) atoms. The van der Waals surface area contributed by atoms with E-state index in [1.807, 2.05) is 30.3 Å². The molecular formula is C20H22FNO4. The van der Waals surface area contributed by atoms with Crippen LogP contribution in [0.15, 0.2) is 54.6 Å². The van der Waals surface area contributed by atoms with E-state index in [1.165, 1.54) is 12.1 Å². The quantitative estimate of drug-likeness (QED) is 0.729. The van der Waals surface area contributed by atoms with Gasteiger partial charge in [0.1, 0.15) is 12.4 Å². The van der Waals surface area contributed by atoms with Crippen molar-refractivity contribution in [2.75, 3.05) is 13.2 Å². The number of rotatable bonds is 8. The number of hydrogen-bond donors (Lipinski definition) is 1. The van der Waals surface area contributed by atoms with E-state index in [0.717, 1.165) is 11.1 Å². The average molecular weight is 359 g/mol. The number of alkyl carbamates (subject to hydrolysis) is 1. The minimum atomic E-state index is -0.579. The van der Waals surface area contributed by atoms with Crippen LogP contribution in [0.1, 0.15) is 30.4 Å². The third kappa shape index (κ3) is 6.55. The monoisotopic (exact) mass is 359 g/mol. The van der Waals surface area contributed by atoms with Crippen molar-refractivity contribution in [3.8, 4) is 0 Å². The topological polar surface area (TPSA) is 64.6 Å². The van der Waals surface area contributed by atoms with Crippen LogP contribution in [0.4, 0.5) is 9.18 Å². The van der Waals surface area contributed by atoms with Gasteiger partial charge in [0.25, 0.3) is 0 Å². The van der Waals surface area contributed by atoms with E-state index in [1.54, 1.807) is 19.1 Å². The van der Waals surface area contributed by atoms with Crippen molar-refractivity contribution in [1.29, 1.82) is 0 Å². The Morgan fingerprint density at radius 3 is 2.38 bits per heavy atom. The molecule has 2 rings (SSSR count). The zero-order valence-corrected chi connectivity index (χ0v) is 14.6. The first-order chi connectivity index (χ1) is 12.6. The van der Waals surface area contributed by atoms with Gasteiger partial charge < -0.3 is 14.8 Å². The first kappa shape index (κ1) is 19.4. The second-order valence-electron chi connectivity index (χ2n) is 5.70. The van der Waals surface area contributed by atoms with Crippen molar-refractivity contribution >= 4 is 12.1 Å². The molecule has 0 unspecified atom stereocenters. The summed E-state index contributed by atoms with van der Waals surface area (Å²) in [4.78, 5) is 23.7. The molecule has 0 saturated heterocycles. The standard InChI is InChI=1S/C20H22FNO4/c1-2-25-19(23)12-17(16-8-10-18(21)11-9-16)13-22-20(24)26-14-15-6-4-3-5-7-15/h3-11,17H,2,12-14H2,1H3,(H,22,24)/t17-/m1/s1. The van der Waals surface area contributed by atoms with Crippen LogP contribution in [0.3, 0.4) is 0 Å². The minimum absolute atomic E-state index is 0.0818. The van der Waals surface area contributed by atoms with Crippen molar-refractivity contribution in [3.05, 3.63) is 71.5 Å². The van der Waals surface area contributed by atoms with Crippen LogP contribution in [-0.4, -0.2) is 25.2 Å². The number of hydrogen-bond acceptors (Lipinski definition) is 4. The summed E-state index contributed by atoms with van der Waals surface area (Å²) >= 11 is 0. The highest BCUT2D eigenvalue weighted by atomic mass is 19.1. The Morgan fingerprint density at radius 1 is 1.04 bits per heavy atom. The summed E-state index contributed by atoms with van der Waals surface area (Å²) in [6.07, 6.45) is -0.497. The van der Waals surface area contributed by atoms with E-state index in [9.17, 15) is 14.0 Å². The lowest BCUT2D eigenvalue weighted by Crippen LogP contribution is -2.30. The van der Waals surface area contributed by atoms with Gasteiger partial charge in [-0.3, -0.25) is 4.79 Å². The highest BCUT2D eigenvalue weighted by molar-refractivity contribution is 5.71. The summed E-state index contributed by atoms with van der Waals surface area (Å²) in [5.41, 5.74) is 1.62. The van der Waals surface area contributed by atoms with E-state index in [2.05, 4.69) is 5.32 Å². The van der Waals surface area contributed by atoms with Crippen molar-refractivity contribution < 1.29 is 23.5 Å². The molecule has 1 N–H and O–H groups in total. The molecule has 0 spiro atoms. The molecule has 0 aliphatic rings. The van der Waals surface area contributed by atoms with Crippen LogP contribution < -0.4 is 5.32 Å². The van der Waals surface area contributed by atoms with E-state index >= 15 is 0 Å². The molecule has 0 bridgehead atoms. The van der Waals surface area contributed by atoms with Gasteiger partial charge in [-0.2, -0.15) is 0 Å². The van der Waals surface area contributed by atoms with Gasteiger partial charge in [0.2, 0.25) is 0 Å². The molecular weight excluding hydrogens is 337 g/mol. The Balaban J connectivity index is 1.91. The number of amides is 1. The maximum Gasteiger partial charge on any atom is 0.407 e. The summed E-state index contributed by atoms with van der Waals surface area (Å²) in [7, 11) is 0. The molecule has 0 heterocycles. The third-order valence-corrected chi connectivity index (χ3v) is 3.77. The number of esters is 1. The molecule has 0 radical (unpaired) electrons. The zero-order valence-electron chi connectivity index (χ0n) is 14.6. The van der Waals surface area contributed by atoms with Gasteiger partial charge in [-0.15, -0.1) is 0 Å². The Bertz CT molecular complexity index is 704. The van der Waals surface area contributed by atoms with Crippen LogP contribution in [0.2, 0.25) is 0 Å².